The van der Waals surface area contributed by atoms with E-state index >= 15 is 0 Å². The van der Waals surface area contributed by atoms with E-state index in [0.29, 0.717) is 12.2 Å². The molecule has 0 spiro atoms. The molecule has 0 aliphatic rings. The van der Waals surface area contributed by atoms with Crippen LogP contribution in [0.3, 0.4) is 0 Å². The van der Waals surface area contributed by atoms with E-state index in [0.717, 1.165) is 16.5 Å². The standard InChI is InChI=1S/C16H18FN3O2S/c1-10-6-7-23-14(10)9-20(3)16(22)19-11-4-5-13(17)12(8-11)15(21)18-2/h4-8H,9H2,1-3H3,(H,18,21)(H,19,22). The van der Waals surface area contributed by atoms with Gasteiger partial charge in [-0.25, -0.2) is 9.18 Å². The SMILES string of the molecule is CNC(=O)c1cc(NC(=O)N(C)Cc2sccc2C)ccc1F. The van der Waals surface area contributed by atoms with Crippen molar-refractivity contribution in [3.8, 4) is 0 Å². The lowest BCUT2D eigenvalue weighted by atomic mass is 10.1. The van der Waals surface area contributed by atoms with E-state index in [2.05, 4.69) is 10.6 Å². The van der Waals surface area contributed by atoms with Crippen molar-refractivity contribution in [2.75, 3.05) is 19.4 Å². The van der Waals surface area contributed by atoms with E-state index in [1.807, 2.05) is 18.4 Å². The minimum absolute atomic E-state index is 0.109. The zero-order valence-electron chi connectivity index (χ0n) is 13.1. The van der Waals surface area contributed by atoms with Crippen molar-refractivity contribution < 1.29 is 14.0 Å². The molecule has 0 unspecified atom stereocenters. The third kappa shape index (κ3) is 4.07. The van der Waals surface area contributed by atoms with Crippen LogP contribution in [0, 0.1) is 12.7 Å². The first kappa shape index (κ1) is 17.0. The Labute approximate surface area is 138 Å². The summed E-state index contributed by atoms with van der Waals surface area (Å²) in [4.78, 5) is 26.4. The molecule has 0 aliphatic heterocycles. The van der Waals surface area contributed by atoms with Crippen LogP contribution in [0.5, 0.6) is 0 Å². The van der Waals surface area contributed by atoms with Crippen molar-refractivity contribution >= 4 is 29.0 Å². The number of rotatable bonds is 4. The maximum Gasteiger partial charge on any atom is 0.321 e. The lowest BCUT2D eigenvalue weighted by Gasteiger charge is -2.18. The number of halogens is 1. The van der Waals surface area contributed by atoms with Gasteiger partial charge in [0.1, 0.15) is 5.82 Å². The minimum atomic E-state index is -0.634. The molecule has 1 aromatic heterocycles. The molecule has 3 amide bonds. The van der Waals surface area contributed by atoms with Crippen molar-refractivity contribution in [2.24, 2.45) is 0 Å². The predicted octanol–water partition coefficient (Wildman–Crippen LogP) is 3.22. The number of benzene rings is 1. The maximum absolute atomic E-state index is 13.6. The van der Waals surface area contributed by atoms with Crippen LogP contribution in [0.25, 0.3) is 0 Å². The molecule has 0 radical (unpaired) electrons. The molecule has 0 saturated carbocycles. The van der Waals surface area contributed by atoms with Gasteiger partial charge in [-0.2, -0.15) is 0 Å². The van der Waals surface area contributed by atoms with E-state index < -0.39 is 11.7 Å². The maximum atomic E-state index is 13.6. The van der Waals surface area contributed by atoms with Gasteiger partial charge in [-0.05, 0) is 42.1 Å². The number of nitrogens with one attached hydrogen (secondary N) is 2. The van der Waals surface area contributed by atoms with E-state index in [1.165, 1.54) is 24.1 Å². The van der Waals surface area contributed by atoms with E-state index in [4.69, 9.17) is 0 Å². The number of aryl methyl sites for hydroxylation is 1. The quantitative estimate of drug-likeness (QED) is 0.901. The minimum Gasteiger partial charge on any atom is -0.355 e. The zero-order chi connectivity index (χ0) is 17.0. The lowest BCUT2D eigenvalue weighted by Crippen LogP contribution is -2.31. The molecule has 0 atom stereocenters. The summed E-state index contributed by atoms with van der Waals surface area (Å²) in [7, 11) is 3.10. The van der Waals surface area contributed by atoms with E-state index in [9.17, 15) is 14.0 Å². The molecule has 2 N–H and O–H groups in total. The highest BCUT2D eigenvalue weighted by Gasteiger charge is 2.14. The zero-order valence-corrected chi connectivity index (χ0v) is 14.0. The van der Waals surface area contributed by atoms with Crippen molar-refractivity contribution in [2.45, 2.75) is 13.5 Å². The van der Waals surface area contributed by atoms with Crippen LogP contribution in [0.15, 0.2) is 29.6 Å². The summed E-state index contributed by atoms with van der Waals surface area (Å²) in [6.45, 7) is 2.48. The molecule has 2 aromatic rings. The molecule has 1 heterocycles. The summed E-state index contributed by atoms with van der Waals surface area (Å²) in [6.07, 6.45) is 0. The molecule has 2 rings (SSSR count). The summed E-state index contributed by atoms with van der Waals surface area (Å²) < 4.78 is 13.6. The van der Waals surface area contributed by atoms with Gasteiger partial charge in [-0.3, -0.25) is 4.79 Å². The largest absolute Gasteiger partial charge is 0.355 e. The average Bonchev–Trinajstić information content (AvgIpc) is 2.93. The Morgan fingerprint density at radius 1 is 1.30 bits per heavy atom. The molecule has 5 nitrogen and oxygen atoms in total. The Balaban J connectivity index is 2.08. The Hall–Kier alpha value is -2.41. The molecule has 0 bridgehead atoms. The smallest absolute Gasteiger partial charge is 0.321 e. The Morgan fingerprint density at radius 3 is 2.65 bits per heavy atom. The lowest BCUT2D eigenvalue weighted by molar-refractivity contribution is 0.0959. The highest BCUT2D eigenvalue weighted by atomic mass is 32.1. The monoisotopic (exact) mass is 335 g/mol. The van der Waals surface area contributed by atoms with E-state index in [1.54, 1.807) is 18.4 Å². The van der Waals surface area contributed by atoms with Gasteiger partial charge in [-0.1, -0.05) is 0 Å². The summed E-state index contributed by atoms with van der Waals surface area (Å²) in [5, 5.41) is 7.00. The fraction of sp³-hybridized carbons (Fsp3) is 0.250. The Kier molecular flexibility index (Phi) is 5.33. The number of carbonyl (C=O) groups is 2. The highest BCUT2D eigenvalue weighted by molar-refractivity contribution is 7.10. The topological polar surface area (TPSA) is 61.4 Å². The second-order valence-corrected chi connectivity index (χ2v) is 6.09. The number of hydrogen-bond acceptors (Lipinski definition) is 3. The average molecular weight is 335 g/mol. The number of hydrogen-bond donors (Lipinski definition) is 2. The molecule has 7 heteroatoms. The van der Waals surface area contributed by atoms with Gasteiger partial charge < -0.3 is 15.5 Å². The fourth-order valence-corrected chi connectivity index (χ4v) is 2.94. The second-order valence-electron chi connectivity index (χ2n) is 5.09. The van der Waals surface area contributed by atoms with Crippen LogP contribution < -0.4 is 10.6 Å². The third-order valence-corrected chi connectivity index (χ3v) is 4.39. The van der Waals surface area contributed by atoms with Crippen LogP contribution in [-0.4, -0.2) is 30.9 Å². The summed E-state index contributed by atoms with van der Waals surface area (Å²) >= 11 is 1.59. The summed E-state index contributed by atoms with van der Waals surface area (Å²) in [5.41, 5.74) is 1.39. The predicted molar refractivity (Wildman–Crippen MR) is 89.3 cm³/mol. The highest BCUT2D eigenvalue weighted by Crippen LogP contribution is 2.19. The van der Waals surface area contributed by atoms with Crippen molar-refractivity contribution in [3.63, 3.8) is 0 Å². The Morgan fingerprint density at radius 2 is 2.04 bits per heavy atom. The van der Waals surface area contributed by atoms with E-state index in [-0.39, 0.29) is 11.6 Å². The molecule has 1 aromatic carbocycles. The number of anilines is 1. The molecular weight excluding hydrogens is 317 g/mol. The van der Waals surface area contributed by atoms with Gasteiger partial charge in [0, 0.05) is 24.7 Å². The van der Waals surface area contributed by atoms with Crippen LogP contribution in [-0.2, 0) is 6.54 Å². The molecular formula is C16H18FN3O2S. The van der Waals surface area contributed by atoms with Crippen molar-refractivity contribution in [1.82, 2.24) is 10.2 Å². The van der Waals surface area contributed by atoms with Gasteiger partial charge >= 0.3 is 6.03 Å². The first-order valence-corrected chi connectivity index (χ1v) is 7.87. The molecule has 23 heavy (non-hydrogen) atoms. The van der Waals surface area contributed by atoms with Crippen molar-refractivity contribution in [3.05, 3.63) is 51.5 Å². The van der Waals surface area contributed by atoms with Gasteiger partial charge in [0.15, 0.2) is 0 Å². The number of thiophene rings is 1. The van der Waals surface area contributed by atoms with Gasteiger partial charge in [0.25, 0.3) is 5.91 Å². The first-order valence-electron chi connectivity index (χ1n) is 6.99. The second kappa shape index (κ2) is 7.23. The van der Waals surface area contributed by atoms with Crippen molar-refractivity contribution in [1.29, 1.82) is 0 Å². The third-order valence-electron chi connectivity index (χ3n) is 3.38. The van der Waals surface area contributed by atoms with Crippen LogP contribution in [0.4, 0.5) is 14.9 Å². The molecule has 122 valence electrons. The number of urea groups is 1. The normalized spacial score (nSPS) is 10.3. The summed E-state index contributed by atoms with van der Waals surface area (Å²) in [6, 6.07) is 5.57. The Bertz CT molecular complexity index is 730. The van der Waals surface area contributed by atoms with Gasteiger partial charge in [0.2, 0.25) is 0 Å². The van der Waals surface area contributed by atoms with Crippen LogP contribution in [0.1, 0.15) is 20.8 Å². The molecule has 0 fully saturated rings. The van der Waals surface area contributed by atoms with Crippen LogP contribution >= 0.6 is 11.3 Å². The number of amides is 3. The number of nitrogens with zero attached hydrogens (tertiary/aromatic N) is 1. The molecule has 0 saturated heterocycles. The van der Waals surface area contributed by atoms with Gasteiger partial charge in [-0.15, -0.1) is 11.3 Å². The summed E-state index contributed by atoms with van der Waals surface area (Å²) in [5.74, 6) is -1.17. The van der Waals surface area contributed by atoms with Gasteiger partial charge in [0.05, 0.1) is 12.1 Å². The van der Waals surface area contributed by atoms with Crippen LogP contribution in [0.2, 0.25) is 0 Å². The molecule has 0 aliphatic carbocycles. The fourth-order valence-electron chi connectivity index (χ4n) is 1.98. The number of carbonyl (C=O) groups excluding carboxylic acids is 2. The first-order chi connectivity index (χ1) is 10.9.